The van der Waals surface area contributed by atoms with Crippen molar-refractivity contribution in [1.29, 1.82) is 0 Å². The lowest BCUT2D eigenvalue weighted by Crippen LogP contribution is -2.14. The van der Waals surface area contributed by atoms with Crippen LogP contribution in [0.5, 0.6) is 5.75 Å². The second-order valence-corrected chi connectivity index (χ2v) is 5.99. The van der Waals surface area contributed by atoms with Crippen LogP contribution in [0.2, 0.25) is 0 Å². The summed E-state index contributed by atoms with van der Waals surface area (Å²) in [6, 6.07) is 26.7. The van der Waals surface area contributed by atoms with Crippen LogP contribution in [0.15, 0.2) is 78.9 Å². The molecule has 0 unspecified atom stereocenters. The molecular weight excluding hydrogens is 308 g/mol. The highest BCUT2D eigenvalue weighted by Gasteiger charge is 2.03. The predicted octanol–water partition coefficient (Wildman–Crippen LogP) is 5.10. The minimum absolute atomic E-state index is 0.571. The summed E-state index contributed by atoms with van der Waals surface area (Å²) in [5.41, 5.74) is 4.59. The zero-order chi connectivity index (χ0) is 17.3. The summed E-state index contributed by atoms with van der Waals surface area (Å²) in [7, 11) is 0. The van der Waals surface area contributed by atoms with Gasteiger partial charge in [-0.1, -0.05) is 54.6 Å². The second kappa shape index (κ2) is 8.78. The monoisotopic (exact) mass is 332 g/mol. The van der Waals surface area contributed by atoms with Crippen LogP contribution in [0.25, 0.3) is 0 Å². The molecule has 0 heterocycles. The molecular formula is C22H24N2O. The Morgan fingerprint density at radius 1 is 0.760 bits per heavy atom. The maximum absolute atomic E-state index is 5.97. The fourth-order valence-corrected chi connectivity index (χ4v) is 2.63. The van der Waals surface area contributed by atoms with E-state index in [-0.39, 0.29) is 0 Å². The summed E-state index contributed by atoms with van der Waals surface area (Å²) in [4.78, 5) is 0. The standard InChI is InChI=1S/C22H24N2O/c1-18-8-7-11-20(16-18)23-14-15-24-21-12-5-6-13-22(21)25-17-19-9-3-2-4-10-19/h2-13,16,23-24H,14-15,17H2,1H3. The first-order valence-corrected chi connectivity index (χ1v) is 8.61. The number of benzene rings is 3. The van der Waals surface area contributed by atoms with Crippen molar-refractivity contribution in [3.8, 4) is 5.75 Å². The normalized spacial score (nSPS) is 10.3. The van der Waals surface area contributed by atoms with E-state index in [9.17, 15) is 0 Å². The third kappa shape index (κ3) is 5.28. The third-order valence-electron chi connectivity index (χ3n) is 3.91. The first kappa shape index (κ1) is 16.9. The van der Waals surface area contributed by atoms with Crippen LogP contribution in [-0.2, 0) is 6.61 Å². The van der Waals surface area contributed by atoms with E-state index in [1.807, 2.05) is 42.5 Å². The molecule has 0 atom stereocenters. The Hall–Kier alpha value is -2.94. The number of para-hydroxylation sites is 2. The Morgan fingerprint density at radius 3 is 2.36 bits per heavy atom. The Bertz CT molecular complexity index is 787. The average molecular weight is 332 g/mol. The number of anilines is 2. The minimum Gasteiger partial charge on any atom is -0.487 e. The van der Waals surface area contributed by atoms with Crippen molar-refractivity contribution in [2.45, 2.75) is 13.5 Å². The molecule has 0 bridgehead atoms. The zero-order valence-electron chi connectivity index (χ0n) is 14.5. The van der Waals surface area contributed by atoms with Gasteiger partial charge in [-0.3, -0.25) is 0 Å². The number of hydrogen-bond donors (Lipinski definition) is 2. The van der Waals surface area contributed by atoms with Gasteiger partial charge in [0.05, 0.1) is 5.69 Å². The molecule has 0 radical (unpaired) electrons. The minimum atomic E-state index is 0.571. The SMILES string of the molecule is Cc1cccc(NCCNc2ccccc2OCc2ccccc2)c1. The number of hydrogen-bond acceptors (Lipinski definition) is 3. The molecule has 0 aliphatic carbocycles. The fourth-order valence-electron chi connectivity index (χ4n) is 2.63. The van der Waals surface area contributed by atoms with Crippen LogP contribution in [0.4, 0.5) is 11.4 Å². The van der Waals surface area contributed by atoms with Crippen molar-refractivity contribution in [3.63, 3.8) is 0 Å². The lowest BCUT2D eigenvalue weighted by Gasteiger charge is -2.14. The van der Waals surface area contributed by atoms with Crippen LogP contribution in [0.3, 0.4) is 0 Å². The number of ether oxygens (including phenoxy) is 1. The summed E-state index contributed by atoms with van der Waals surface area (Å²) in [5.74, 6) is 0.877. The summed E-state index contributed by atoms with van der Waals surface area (Å²) in [5, 5.41) is 6.88. The van der Waals surface area contributed by atoms with Crippen LogP contribution in [-0.4, -0.2) is 13.1 Å². The van der Waals surface area contributed by atoms with Gasteiger partial charge in [-0.15, -0.1) is 0 Å². The molecule has 0 saturated carbocycles. The molecule has 2 N–H and O–H groups in total. The smallest absolute Gasteiger partial charge is 0.142 e. The molecule has 3 aromatic rings. The van der Waals surface area contributed by atoms with Gasteiger partial charge in [-0.05, 0) is 42.3 Å². The van der Waals surface area contributed by atoms with E-state index in [1.165, 1.54) is 11.1 Å². The van der Waals surface area contributed by atoms with Crippen LogP contribution in [0.1, 0.15) is 11.1 Å². The molecule has 0 amide bonds. The Morgan fingerprint density at radius 2 is 1.52 bits per heavy atom. The Balaban J connectivity index is 1.50. The zero-order valence-corrected chi connectivity index (χ0v) is 14.5. The molecule has 25 heavy (non-hydrogen) atoms. The van der Waals surface area contributed by atoms with Gasteiger partial charge in [-0.2, -0.15) is 0 Å². The highest BCUT2D eigenvalue weighted by molar-refractivity contribution is 5.56. The maximum atomic E-state index is 5.97. The van der Waals surface area contributed by atoms with Gasteiger partial charge < -0.3 is 15.4 Å². The van der Waals surface area contributed by atoms with Gasteiger partial charge in [0, 0.05) is 18.8 Å². The molecule has 0 aliphatic rings. The van der Waals surface area contributed by atoms with E-state index >= 15 is 0 Å². The summed E-state index contributed by atoms with van der Waals surface area (Å²) < 4.78 is 5.97. The molecule has 3 rings (SSSR count). The van der Waals surface area contributed by atoms with E-state index < -0.39 is 0 Å². The second-order valence-electron chi connectivity index (χ2n) is 5.99. The third-order valence-corrected chi connectivity index (χ3v) is 3.91. The molecule has 0 fully saturated rings. The van der Waals surface area contributed by atoms with E-state index in [0.29, 0.717) is 6.61 Å². The largest absolute Gasteiger partial charge is 0.487 e. The summed E-state index contributed by atoms with van der Waals surface area (Å²) >= 11 is 0. The summed E-state index contributed by atoms with van der Waals surface area (Å²) in [6.07, 6.45) is 0. The van der Waals surface area contributed by atoms with Gasteiger partial charge in [-0.25, -0.2) is 0 Å². The molecule has 0 saturated heterocycles. The van der Waals surface area contributed by atoms with Gasteiger partial charge in [0.1, 0.15) is 12.4 Å². The van der Waals surface area contributed by atoms with Crippen molar-refractivity contribution in [2.24, 2.45) is 0 Å². The lowest BCUT2D eigenvalue weighted by molar-refractivity contribution is 0.307. The fraction of sp³-hybridized carbons (Fsp3) is 0.182. The first-order valence-electron chi connectivity index (χ1n) is 8.61. The van der Waals surface area contributed by atoms with Crippen LogP contribution >= 0.6 is 0 Å². The molecule has 3 aromatic carbocycles. The van der Waals surface area contributed by atoms with Gasteiger partial charge >= 0.3 is 0 Å². The highest BCUT2D eigenvalue weighted by Crippen LogP contribution is 2.24. The Kier molecular flexibility index (Phi) is 5.94. The molecule has 3 nitrogen and oxygen atoms in total. The van der Waals surface area contributed by atoms with Gasteiger partial charge in [0.25, 0.3) is 0 Å². The predicted molar refractivity (Wildman–Crippen MR) is 105 cm³/mol. The average Bonchev–Trinajstić information content (AvgIpc) is 2.65. The molecule has 0 spiro atoms. The van der Waals surface area contributed by atoms with Crippen LogP contribution < -0.4 is 15.4 Å². The maximum Gasteiger partial charge on any atom is 0.142 e. The van der Waals surface area contributed by atoms with Gasteiger partial charge in [0.15, 0.2) is 0 Å². The van der Waals surface area contributed by atoms with Crippen molar-refractivity contribution in [3.05, 3.63) is 90.0 Å². The molecule has 128 valence electrons. The topological polar surface area (TPSA) is 33.3 Å². The Labute approximate surface area is 149 Å². The van der Waals surface area contributed by atoms with E-state index in [1.54, 1.807) is 0 Å². The number of nitrogens with one attached hydrogen (secondary N) is 2. The molecule has 0 aromatic heterocycles. The van der Waals surface area contributed by atoms with E-state index in [2.05, 4.69) is 54.0 Å². The molecule has 3 heteroatoms. The number of rotatable bonds is 8. The van der Waals surface area contributed by atoms with E-state index in [0.717, 1.165) is 30.2 Å². The van der Waals surface area contributed by atoms with Crippen LogP contribution in [0, 0.1) is 6.92 Å². The quantitative estimate of drug-likeness (QED) is 0.563. The summed E-state index contributed by atoms with van der Waals surface area (Å²) in [6.45, 7) is 4.33. The lowest BCUT2D eigenvalue weighted by atomic mass is 10.2. The molecule has 0 aliphatic heterocycles. The van der Waals surface area contributed by atoms with Crippen molar-refractivity contribution >= 4 is 11.4 Å². The van der Waals surface area contributed by atoms with E-state index in [4.69, 9.17) is 4.74 Å². The highest BCUT2D eigenvalue weighted by atomic mass is 16.5. The van der Waals surface area contributed by atoms with Gasteiger partial charge in [0.2, 0.25) is 0 Å². The van der Waals surface area contributed by atoms with Crippen molar-refractivity contribution in [1.82, 2.24) is 0 Å². The van der Waals surface area contributed by atoms with Crippen molar-refractivity contribution < 1.29 is 4.74 Å². The van der Waals surface area contributed by atoms with Crippen molar-refractivity contribution in [2.75, 3.05) is 23.7 Å². The number of aryl methyl sites for hydroxylation is 1. The first-order chi connectivity index (χ1) is 12.3.